The molecule has 1 aromatic carbocycles. The lowest BCUT2D eigenvalue weighted by Crippen LogP contribution is -2.25. The molecule has 118 valence electrons. The van der Waals surface area contributed by atoms with Gasteiger partial charge in [0.15, 0.2) is 0 Å². The zero-order valence-electron chi connectivity index (χ0n) is 12.9. The number of aromatic nitrogens is 3. The van der Waals surface area contributed by atoms with Gasteiger partial charge in [-0.2, -0.15) is 0 Å². The topological polar surface area (TPSA) is 54.2 Å². The molecule has 0 amide bonds. The van der Waals surface area contributed by atoms with Gasteiger partial charge >= 0.3 is 0 Å². The highest BCUT2D eigenvalue weighted by molar-refractivity contribution is 6.30. The Labute approximate surface area is 135 Å². The summed E-state index contributed by atoms with van der Waals surface area (Å²) < 4.78 is 2.09. The number of aliphatic hydroxyl groups is 1. The van der Waals surface area contributed by atoms with Crippen LogP contribution in [0.25, 0.3) is 0 Å². The monoisotopic (exact) mass is 320 g/mol. The molecule has 2 aromatic rings. The molecule has 1 aliphatic carbocycles. The summed E-state index contributed by atoms with van der Waals surface area (Å²) in [5.41, 5.74) is 0.868. The van der Waals surface area contributed by atoms with Crippen LogP contribution in [0.5, 0.6) is 0 Å². The lowest BCUT2D eigenvalue weighted by Gasteiger charge is -2.20. The van der Waals surface area contributed by atoms with Gasteiger partial charge < -0.3 is 9.67 Å². The van der Waals surface area contributed by atoms with Crippen molar-refractivity contribution in [1.82, 2.24) is 19.7 Å². The van der Waals surface area contributed by atoms with E-state index in [0.717, 1.165) is 17.2 Å². The summed E-state index contributed by atoms with van der Waals surface area (Å²) >= 11 is 5.87. The van der Waals surface area contributed by atoms with Crippen molar-refractivity contribution in [3.8, 4) is 0 Å². The summed E-state index contributed by atoms with van der Waals surface area (Å²) in [5, 5.41) is 19.5. The fraction of sp³-hybridized carbons (Fsp3) is 0.500. The number of rotatable bonds is 6. The van der Waals surface area contributed by atoms with E-state index in [0.29, 0.717) is 24.0 Å². The third-order valence-electron chi connectivity index (χ3n) is 4.09. The van der Waals surface area contributed by atoms with E-state index < -0.39 is 6.10 Å². The molecule has 1 saturated carbocycles. The highest BCUT2D eigenvalue weighted by Gasteiger charge is 2.29. The summed E-state index contributed by atoms with van der Waals surface area (Å²) in [6.45, 7) is 1.20. The Morgan fingerprint density at radius 2 is 2.00 bits per heavy atom. The van der Waals surface area contributed by atoms with Crippen molar-refractivity contribution >= 4 is 11.6 Å². The number of halogens is 1. The molecule has 0 radical (unpaired) electrons. The van der Waals surface area contributed by atoms with E-state index in [1.807, 2.05) is 26.2 Å². The normalized spacial score (nSPS) is 16.2. The predicted octanol–water partition coefficient (Wildman–Crippen LogP) is 2.51. The highest BCUT2D eigenvalue weighted by Crippen LogP contribution is 2.38. The molecule has 0 bridgehead atoms. The van der Waals surface area contributed by atoms with Crippen LogP contribution in [-0.4, -0.2) is 38.4 Å². The Kier molecular flexibility index (Phi) is 4.47. The second-order valence-electron chi connectivity index (χ2n) is 6.07. The Hall–Kier alpha value is -1.43. The van der Waals surface area contributed by atoms with Gasteiger partial charge in [0.05, 0.1) is 12.6 Å². The van der Waals surface area contributed by atoms with Crippen LogP contribution in [0.2, 0.25) is 5.02 Å². The first-order valence-electron chi connectivity index (χ1n) is 7.55. The maximum atomic E-state index is 10.3. The number of benzene rings is 1. The lowest BCUT2D eigenvalue weighted by molar-refractivity contribution is 0.122. The van der Waals surface area contributed by atoms with Gasteiger partial charge in [-0.25, -0.2) is 0 Å². The summed E-state index contributed by atoms with van der Waals surface area (Å²) in [6.07, 6.45) is 1.90. The second-order valence-corrected chi connectivity index (χ2v) is 6.51. The van der Waals surface area contributed by atoms with Crippen LogP contribution in [0.15, 0.2) is 24.3 Å². The van der Waals surface area contributed by atoms with Crippen LogP contribution in [0.4, 0.5) is 0 Å². The van der Waals surface area contributed by atoms with E-state index in [1.54, 1.807) is 12.1 Å². The molecule has 0 spiro atoms. The first-order valence-corrected chi connectivity index (χ1v) is 7.92. The Morgan fingerprint density at radius 3 is 2.64 bits per heavy atom. The first-order chi connectivity index (χ1) is 10.5. The molecule has 1 aromatic heterocycles. The molecule has 3 rings (SSSR count). The largest absolute Gasteiger partial charge is 0.387 e. The smallest absolute Gasteiger partial charge is 0.146 e. The zero-order chi connectivity index (χ0) is 15.7. The maximum Gasteiger partial charge on any atom is 0.146 e. The predicted molar refractivity (Wildman–Crippen MR) is 85.7 cm³/mol. The minimum Gasteiger partial charge on any atom is -0.387 e. The van der Waals surface area contributed by atoms with Gasteiger partial charge in [-0.15, -0.1) is 10.2 Å². The Morgan fingerprint density at radius 1 is 1.32 bits per heavy atom. The van der Waals surface area contributed by atoms with E-state index in [1.165, 1.54) is 12.8 Å². The van der Waals surface area contributed by atoms with Crippen molar-refractivity contribution < 1.29 is 5.11 Å². The van der Waals surface area contributed by atoms with Crippen molar-refractivity contribution in [3.63, 3.8) is 0 Å². The highest BCUT2D eigenvalue weighted by atomic mass is 35.5. The van der Waals surface area contributed by atoms with Crippen LogP contribution < -0.4 is 0 Å². The number of likely N-dealkylation sites (N-methyl/N-ethyl adjacent to an activating group) is 1. The third-order valence-corrected chi connectivity index (χ3v) is 4.34. The first kappa shape index (κ1) is 15.5. The molecule has 1 N–H and O–H groups in total. The van der Waals surface area contributed by atoms with Gasteiger partial charge in [-0.05, 0) is 37.6 Å². The molecule has 5 nitrogen and oxygen atoms in total. The SMILES string of the molecule is CN(Cc1nnc(C2CC2)n1C)CC(O)c1ccc(Cl)cc1. The van der Waals surface area contributed by atoms with E-state index in [-0.39, 0.29) is 0 Å². The number of aliphatic hydroxyl groups excluding tert-OH is 1. The molecule has 1 unspecified atom stereocenters. The summed E-state index contributed by atoms with van der Waals surface area (Å²) in [7, 11) is 4.00. The molecule has 0 aliphatic heterocycles. The Balaban J connectivity index is 1.59. The minimum absolute atomic E-state index is 0.535. The van der Waals surface area contributed by atoms with Crippen molar-refractivity contribution in [2.45, 2.75) is 31.4 Å². The van der Waals surface area contributed by atoms with Crippen LogP contribution >= 0.6 is 11.6 Å². The third kappa shape index (κ3) is 3.48. The van der Waals surface area contributed by atoms with E-state index in [4.69, 9.17) is 11.6 Å². The number of hydrogen-bond acceptors (Lipinski definition) is 4. The van der Waals surface area contributed by atoms with Crippen molar-refractivity contribution in [1.29, 1.82) is 0 Å². The Bertz CT molecular complexity index is 636. The molecule has 1 atom stereocenters. The molecule has 0 saturated heterocycles. The van der Waals surface area contributed by atoms with Gasteiger partial charge in [0.25, 0.3) is 0 Å². The van der Waals surface area contributed by atoms with E-state index in [2.05, 4.69) is 19.7 Å². The summed E-state index contributed by atoms with van der Waals surface area (Å²) in [4.78, 5) is 2.06. The number of hydrogen-bond donors (Lipinski definition) is 1. The molecule has 1 heterocycles. The molecular formula is C16H21ClN4O. The molecule has 6 heteroatoms. The van der Waals surface area contributed by atoms with E-state index in [9.17, 15) is 5.11 Å². The molecule has 1 aliphatic rings. The maximum absolute atomic E-state index is 10.3. The average molecular weight is 321 g/mol. The van der Waals surface area contributed by atoms with Crippen LogP contribution in [-0.2, 0) is 13.6 Å². The minimum atomic E-state index is -0.543. The number of nitrogens with zero attached hydrogens (tertiary/aromatic N) is 4. The van der Waals surface area contributed by atoms with E-state index >= 15 is 0 Å². The zero-order valence-corrected chi connectivity index (χ0v) is 13.7. The van der Waals surface area contributed by atoms with Crippen LogP contribution in [0.3, 0.4) is 0 Å². The van der Waals surface area contributed by atoms with Gasteiger partial charge in [-0.1, -0.05) is 23.7 Å². The van der Waals surface area contributed by atoms with Gasteiger partial charge in [0.1, 0.15) is 11.6 Å². The van der Waals surface area contributed by atoms with Gasteiger partial charge in [-0.3, -0.25) is 4.90 Å². The van der Waals surface area contributed by atoms with Crippen molar-refractivity contribution in [3.05, 3.63) is 46.5 Å². The quantitative estimate of drug-likeness (QED) is 0.888. The van der Waals surface area contributed by atoms with Crippen LogP contribution in [0, 0.1) is 0 Å². The van der Waals surface area contributed by atoms with Crippen molar-refractivity contribution in [2.24, 2.45) is 7.05 Å². The standard InChI is InChI=1S/C16H21ClN4O/c1-20(9-14(22)11-5-7-13(17)8-6-11)10-15-18-19-16(21(15)2)12-3-4-12/h5-8,12,14,22H,3-4,9-10H2,1-2H3. The van der Waals surface area contributed by atoms with Crippen molar-refractivity contribution in [2.75, 3.05) is 13.6 Å². The lowest BCUT2D eigenvalue weighted by atomic mass is 10.1. The van der Waals surface area contributed by atoms with Gasteiger partial charge in [0.2, 0.25) is 0 Å². The average Bonchev–Trinajstić information content (AvgIpc) is 3.26. The molecule has 22 heavy (non-hydrogen) atoms. The summed E-state index contributed by atoms with van der Waals surface area (Å²) in [5.74, 6) is 2.62. The van der Waals surface area contributed by atoms with Crippen LogP contribution in [0.1, 0.15) is 42.1 Å². The fourth-order valence-electron chi connectivity index (χ4n) is 2.60. The molecule has 1 fully saturated rings. The molecular weight excluding hydrogens is 300 g/mol. The van der Waals surface area contributed by atoms with Gasteiger partial charge in [0, 0.05) is 24.5 Å². The fourth-order valence-corrected chi connectivity index (χ4v) is 2.73. The second kappa shape index (κ2) is 6.36. The summed E-state index contributed by atoms with van der Waals surface area (Å²) in [6, 6.07) is 7.30.